The molecule has 2 atom stereocenters. The number of benzene rings is 1. The maximum atomic E-state index is 12.9. The van der Waals surface area contributed by atoms with E-state index in [0.29, 0.717) is 41.8 Å². The second kappa shape index (κ2) is 9.75. The number of rotatable bonds is 6. The lowest BCUT2D eigenvalue weighted by Gasteiger charge is -2.37. The molecule has 11 heteroatoms. The lowest BCUT2D eigenvalue weighted by molar-refractivity contribution is -0.151. The highest BCUT2D eigenvalue weighted by Gasteiger charge is 2.37. The van der Waals surface area contributed by atoms with Crippen molar-refractivity contribution < 1.29 is 22.7 Å². The Kier molecular flexibility index (Phi) is 6.94. The Hall–Kier alpha value is -2.92. The zero-order valence-electron chi connectivity index (χ0n) is 18.4. The second-order valence-corrected chi connectivity index (χ2v) is 9.14. The molecule has 0 bridgehead atoms. The minimum absolute atomic E-state index is 0.153. The fourth-order valence-corrected chi connectivity index (χ4v) is 5.22. The number of H-pyrrole nitrogens is 1. The summed E-state index contributed by atoms with van der Waals surface area (Å²) in [6, 6.07) is 6.57. The third-order valence-electron chi connectivity index (χ3n) is 6.20. The molecule has 1 saturated heterocycles. The van der Waals surface area contributed by atoms with Gasteiger partial charge in [-0.2, -0.15) is 13.2 Å². The zero-order chi connectivity index (χ0) is 24.5. The standard InChI is InChI=1S/C23H24F3N3O4S/c1-2-33-21(31)18-13-28(9-7-16(18)14-3-5-15(6-4-14)23(24,25)26)10-11-29-20(30)17-8-12-34-19(17)27-22(29)32/h3-6,8,12,16,18H,2,7,9-11,13H2,1H3,(H,27,32)/t16-,18-/m1/s1. The largest absolute Gasteiger partial charge is 0.466 e. The van der Waals surface area contributed by atoms with E-state index in [1.54, 1.807) is 18.4 Å². The summed E-state index contributed by atoms with van der Waals surface area (Å²) in [7, 11) is 0. The van der Waals surface area contributed by atoms with Gasteiger partial charge in [-0.1, -0.05) is 12.1 Å². The zero-order valence-corrected chi connectivity index (χ0v) is 19.2. The number of hydrogen-bond donors (Lipinski definition) is 1. The number of esters is 1. The molecule has 1 N–H and O–H groups in total. The summed E-state index contributed by atoms with van der Waals surface area (Å²) in [6.07, 6.45) is -3.89. The molecule has 0 saturated carbocycles. The molecule has 34 heavy (non-hydrogen) atoms. The van der Waals surface area contributed by atoms with Crippen LogP contribution >= 0.6 is 11.3 Å². The number of aromatic amines is 1. The Labute approximate surface area is 196 Å². The monoisotopic (exact) mass is 495 g/mol. The van der Waals surface area contributed by atoms with Crippen LogP contribution in [-0.4, -0.2) is 46.7 Å². The number of thiophene rings is 1. The van der Waals surface area contributed by atoms with Gasteiger partial charge < -0.3 is 9.64 Å². The molecule has 182 valence electrons. The van der Waals surface area contributed by atoms with Crippen LogP contribution in [0.15, 0.2) is 45.3 Å². The van der Waals surface area contributed by atoms with Crippen molar-refractivity contribution in [1.29, 1.82) is 0 Å². The van der Waals surface area contributed by atoms with E-state index in [4.69, 9.17) is 4.74 Å². The average Bonchev–Trinajstić information content (AvgIpc) is 3.27. The number of ether oxygens (including phenoxy) is 1. The van der Waals surface area contributed by atoms with Crippen LogP contribution in [0.5, 0.6) is 0 Å². The minimum atomic E-state index is -4.43. The Balaban J connectivity index is 1.51. The van der Waals surface area contributed by atoms with E-state index in [1.807, 2.05) is 4.90 Å². The molecule has 7 nitrogen and oxygen atoms in total. The number of nitrogens with one attached hydrogen (secondary N) is 1. The molecule has 3 aromatic rings. The number of halogens is 3. The molecule has 0 amide bonds. The molecule has 1 aromatic carbocycles. The van der Waals surface area contributed by atoms with Gasteiger partial charge in [0.05, 0.1) is 23.5 Å². The van der Waals surface area contributed by atoms with Crippen molar-refractivity contribution in [3.8, 4) is 0 Å². The molecular formula is C23H24F3N3O4S. The first-order chi connectivity index (χ1) is 16.2. The molecule has 0 aliphatic carbocycles. The van der Waals surface area contributed by atoms with Gasteiger partial charge in [0.2, 0.25) is 0 Å². The predicted molar refractivity (Wildman–Crippen MR) is 122 cm³/mol. The van der Waals surface area contributed by atoms with E-state index in [-0.39, 0.29) is 24.6 Å². The topological polar surface area (TPSA) is 84.4 Å². The number of nitrogens with zero attached hydrogens (tertiary/aromatic N) is 2. The van der Waals surface area contributed by atoms with Crippen LogP contribution < -0.4 is 11.2 Å². The van der Waals surface area contributed by atoms with Crippen molar-refractivity contribution in [1.82, 2.24) is 14.5 Å². The van der Waals surface area contributed by atoms with Crippen LogP contribution in [-0.2, 0) is 22.3 Å². The number of aromatic nitrogens is 2. The first kappa shape index (κ1) is 24.2. The van der Waals surface area contributed by atoms with Crippen LogP contribution in [0.3, 0.4) is 0 Å². The molecule has 0 spiro atoms. The van der Waals surface area contributed by atoms with Crippen molar-refractivity contribution in [3.63, 3.8) is 0 Å². The summed E-state index contributed by atoms with van der Waals surface area (Å²) >= 11 is 1.29. The smallest absolute Gasteiger partial charge is 0.416 e. The van der Waals surface area contributed by atoms with E-state index >= 15 is 0 Å². The second-order valence-electron chi connectivity index (χ2n) is 8.22. The van der Waals surface area contributed by atoms with Gasteiger partial charge in [-0.3, -0.25) is 19.1 Å². The quantitative estimate of drug-likeness (QED) is 0.530. The van der Waals surface area contributed by atoms with Gasteiger partial charge in [0, 0.05) is 19.6 Å². The van der Waals surface area contributed by atoms with Crippen LogP contribution in [0, 0.1) is 5.92 Å². The number of hydrogen-bond acceptors (Lipinski definition) is 6. The molecule has 3 heterocycles. The van der Waals surface area contributed by atoms with Crippen LogP contribution in [0.4, 0.5) is 13.2 Å². The molecule has 0 unspecified atom stereocenters. The summed E-state index contributed by atoms with van der Waals surface area (Å²) in [4.78, 5) is 42.9. The summed E-state index contributed by atoms with van der Waals surface area (Å²) in [5.41, 5.74) is -0.927. The highest BCUT2D eigenvalue weighted by Crippen LogP contribution is 2.36. The van der Waals surface area contributed by atoms with Crippen LogP contribution in [0.1, 0.15) is 30.4 Å². The SMILES string of the molecule is CCOC(=O)[C@@H]1CN(CCn2c(=O)[nH]c3sccc3c2=O)CC[C@@H]1c1ccc(C(F)(F)F)cc1. The maximum Gasteiger partial charge on any atom is 0.416 e. The number of fused-ring (bicyclic) bond motifs is 1. The van der Waals surface area contributed by atoms with E-state index in [2.05, 4.69) is 4.98 Å². The summed E-state index contributed by atoms with van der Waals surface area (Å²) in [6.45, 7) is 3.30. The Bertz CT molecular complexity index is 1280. The van der Waals surface area contributed by atoms with Gasteiger partial charge in [0.1, 0.15) is 4.83 Å². The average molecular weight is 496 g/mol. The van der Waals surface area contributed by atoms with Gasteiger partial charge in [0.25, 0.3) is 5.56 Å². The third-order valence-corrected chi connectivity index (χ3v) is 7.03. The molecule has 2 aromatic heterocycles. The van der Waals surface area contributed by atoms with Crippen molar-refractivity contribution in [2.45, 2.75) is 32.0 Å². The van der Waals surface area contributed by atoms with Crippen LogP contribution in [0.25, 0.3) is 10.2 Å². The maximum absolute atomic E-state index is 12.9. The molecule has 0 radical (unpaired) electrons. The number of likely N-dealkylation sites (tertiary alicyclic amines) is 1. The summed E-state index contributed by atoms with van der Waals surface area (Å²) in [5.74, 6) is -1.27. The number of carbonyl (C=O) groups excluding carboxylic acids is 1. The lowest BCUT2D eigenvalue weighted by atomic mass is 9.80. The lowest BCUT2D eigenvalue weighted by Crippen LogP contribution is -2.46. The summed E-state index contributed by atoms with van der Waals surface area (Å²) in [5, 5.41) is 2.19. The molecule has 1 aliphatic rings. The molecule has 1 aliphatic heterocycles. The van der Waals surface area contributed by atoms with Gasteiger partial charge in [-0.15, -0.1) is 11.3 Å². The molecular weight excluding hydrogens is 471 g/mol. The van der Waals surface area contributed by atoms with Gasteiger partial charge in [0.15, 0.2) is 0 Å². The van der Waals surface area contributed by atoms with Crippen molar-refractivity contribution in [3.05, 3.63) is 67.7 Å². The van der Waals surface area contributed by atoms with E-state index < -0.39 is 29.3 Å². The Morgan fingerprint density at radius 2 is 1.91 bits per heavy atom. The first-order valence-electron chi connectivity index (χ1n) is 11.0. The summed E-state index contributed by atoms with van der Waals surface area (Å²) < 4.78 is 45.2. The third kappa shape index (κ3) is 4.95. The molecule has 1 fully saturated rings. The van der Waals surface area contributed by atoms with E-state index in [0.717, 1.165) is 16.7 Å². The van der Waals surface area contributed by atoms with Crippen molar-refractivity contribution in [2.24, 2.45) is 5.92 Å². The highest BCUT2D eigenvalue weighted by atomic mass is 32.1. The number of carbonyl (C=O) groups is 1. The fourth-order valence-electron chi connectivity index (χ4n) is 4.45. The normalized spacial score (nSPS) is 19.4. The fraction of sp³-hybridized carbons (Fsp3) is 0.435. The molecule has 4 rings (SSSR count). The van der Waals surface area contributed by atoms with Gasteiger partial charge in [-0.25, -0.2) is 4.79 Å². The van der Waals surface area contributed by atoms with Crippen molar-refractivity contribution >= 4 is 27.5 Å². The predicted octanol–water partition coefficient (Wildman–Crippen LogP) is 3.44. The highest BCUT2D eigenvalue weighted by molar-refractivity contribution is 7.16. The first-order valence-corrected chi connectivity index (χ1v) is 11.8. The van der Waals surface area contributed by atoms with E-state index in [9.17, 15) is 27.6 Å². The van der Waals surface area contributed by atoms with Gasteiger partial charge in [-0.05, 0) is 54.9 Å². The number of piperidine rings is 1. The number of alkyl halides is 3. The van der Waals surface area contributed by atoms with Crippen LogP contribution in [0.2, 0.25) is 0 Å². The van der Waals surface area contributed by atoms with Crippen molar-refractivity contribution in [2.75, 3.05) is 26.2 Å². The van der Waals surface area contributed by atoms with E-state index in [1.165, 1.54) is 23.5 Å². The van der Waals surface area contributed by atoms with Gasteiger partial charge >= 0.3 is 17.8 Å². The Morgan fingerprint density at radius 1 is 1.18 bits per heavy atom. The Morgan fingerprint density at radius 3 is 2.59 bits per heavy atom. The minimum Gasteiger partial charge on any atom is -0.466 e.